The molecule has 1 heterocycles. The summed E-state index contributed by atoms with van der Waals surface area (Å²) in [4.78, 5) is 26.2. The van der Waals surface area contributed by atoms with Gasteiger partial charge < -0.3 is 5.32 Å². The van der Waals surface area contributed by atoms with Crippen LogP contribution in [0.2, 0.25) is 0 Å². The Bertz CT molecular complexity index is 771. The minimum absolute atomic E-state index is 0.144. The topological polar surface area (TPSA) is 87.7 Å². The van der Waals surface area contributed by atoms with Crippen molar-refractivity contribution in [3.63, 3.8) is 0 Å². The average molecular weight is 332 g/mol. The summed E-state index contributed by atoms with van der Waals surface area (Å²) in [6.45, 7) is 7.73. The fourth-order valence-electron chi connectivity index (χ4n) is 2.10. The van der Waals surface area contributed by atoms with Crippen LogP contribution in [0, 0.1) is 13.8 Å². The number of H-pyrrole nitrogens is 1. The second-order valence-corrected chi connectivity index (χ2v) is 6.54. The number of aryl methyl sites for hydroxylation is 2. The highest BCUT2D eigenvalue weighted by molar-refractivity contribution is 7.99. The van der Waals surface area contributed by atoms with E-state index in [1.807, 2.05) is 25.1 Å². The molecule has 0 saturated heterocycles. The second kappa shape index (κ2) is 7.41. The molecule has 0 aliphatic rings. The molecule has 2 rings (SSSR count). The summed E-state index contributed by atoms with van der Waals surface area (Å²) in [5.41, 5.74) is 3.01. The fraction of sp³-hybridized carbons (Fsp3) is 0.375. The van der Waals surface area contributed by atoms with E-state index in [2.05, 4.69) is 34.3 Å². The Hall–Kier alpha value is -2.15. The average Bonchev–Trinajstić information content (AvgIpc) is 2.50. The molecule has 0 saturated carbocycles. The molecular formula is C16H20N4O2S. The molecule has 0 aliphatic heterocycles. The number of rotatable bonds is 5. The van der Waals surface area contributed by atoms with Crippen LogP contribution in [0.4, 0.5) is 5.69 Å². The molecule has 1 amide bonds. The minimum atomic E-state index is -0.288. The normalized spacial score (nSPS) is 10.8. The second-order valence-electron chi connectivity index (χ2n) is 5.58. The Balaban J connectivity index is 2.05. The molecule has 1 aromatic heterocycles. The maximum absolute atomic E-state index is 12.2. The van der Waals surface area contributed by atoms with Gasteiger partial charge in [0.25, 0.3) is 5.56 Å². The number of carbonyl (C=O) groups is 1. The molecule has 0 bridgehead atoms. The molecular weight excluding hydrogens is 312 g/mol. The highest BCUT2D eigenvalue weighted by Crippen LogP contribution is 2.27. The summed E-state index contributed by atoms with van der Waals surface area (Å²) < 4.78 is 0. The molecule has 122 valence electrons. The molecule has 2 aromatic rings. The van der Waals surface area contributed by atoms with Crippen molar-refractivity contribution in [1.29, 1.82) is 0 Å². The van der Waals surface area contributed by atoms with E-state index in [9.17, 15) is 9.59 Å². The molecule has 0 spiro atoms. The highest BCUT2D eigenvalue weighted by atomic mass is 32.2. The molecule has 1 aromatic carbocycles. The van der Waals surface area contributed by atoms with Gasteiger partial charge in [0.1, 0.15) is 5.69 Å². The number of hydrogen-bond donors (Lipinski definition) is 2. The summed E-state index contributed by atoms with van der Waals surface area (Å²) in [5, 5.41) is 10.9. The molecule has 0 unspecified atom stereocenters. The lowest BCUT2D eigenvalue weighted by Crippen LogP contribution is -2.18. The number of thioether (sulfide) groups is 1. The lowest BCUT2D eigenvalue weighted by Gasteiger charge is -2.16. The Labute approximate surface area is 139 Å². The smallest absolute Gasteiger partial charge is 0.273 e. The molecule has 6 nitrogen and oxygen atoms in total. The van der Waals surface area contributed by atoms with E-state index in [1.54, 1.807) is 6.92 Å². The van der Waals surface area contributed by atoms with E-state index in [0.29, 0.717) is 16.8 Å². The van der Waals surface area contributed by atoms with Crippen LogP contribution < -0.4 is 10.9 Å². The molecule has 0 aliphatic carbocycles. The van der Waals surface area contributed by atoms with Crippen molar-refractivity contribution in [2.75, 3.05) is 11.1 Å². The summed E-state index contributed by atoms with van der Waals surface area (Å²) in [6, 6.07) is 5.97. The standard InChI is InChI=1S/C16H20N4O2S/c1-9(2)12-7-5-6-10(3)14(12)17-13(21)8-23-16-18-15(22)11(4)19-20-16/h5-7,9H,8H2,1-4H3,(H,17,21)(H,18,20,22). The first-order valence-corrected chi connectivity index (χ1v) is 8.32. The molecule has 0 radical (unpaired) electrons. The zero-order valence-electron chi connectivity index (χ0n) is 13.6. The van der Waals surface area contributed by atoms with E-state index in [4.69, 9.17) is 0 Å². The number of anilines is 1. The van der Waals surface area contributed by atoms with Crippen molar-refractivity contribution in [3.8, 4) is 0 Å². The summed E-state index contributed by atoms with van der Waals surface area (Å²) in [6.07, 6.45) is 0. The van der Waals surface area contributed by atoms with Crippen LogP contribution in [0.15, 0.2) is 28.2 Å². The van der Waals surface area contributed by atoms with Crippen LogP contribution >= 0.6 is 11.8 Å². The maximum atomic E-state index is 12.2. The Morgan fingerprint density at radius 3 is 2.70 bits per heavy atom. The van der Waals surface area contributed by atoms with Crippen LogP contribution in [0.3, 0.4) is 0 Å². The first-order chi connectivity index (χ1) is 10.9. The maximum Gasteiger partial charge on any atom is 0.273 e. The van der Waals surface area contributed by atoms with Gasteiger partial charge in [-0.2, -0.15) is 0 Å². The third-order valence-corrected chi connectivity index (χ3v) is 4.24. The molecule has 23 heavy (non-hydrogen) atoms. The van der Waals surface area contributed by atoms with E-state index in [1.165, 1.54) is 0 Å². The van der Waals surface area contributed by atoms with Crippen LogP contribution in [0.5, 0.6) is 0 Å². The van der Waals surface area contributed by atoms with Crippen molar-refractivity contribution >= 4 is 23.4 Å². The van der Waals surface area contributed by atoms with E-state index in [-0.39, 0.29) is 17.2 Å². The van der Waals surface area contributed by atoms with Crippen molar-refractivity contribution in [2.24, 2.45) is 0 Å². The van der Waals surface area contributed by atoms with Crippen LogP contribution in [-0.4, -0.2) is 26.8 Å². The first-order valence-electron chi connectivity index (χ1n) is 7.34. The SMILES string of the molecule is Cc1cccc(C(C)C)c1NC(=O)CSc1nnc(C)c(=O)[nH]1. The monoisotopic (exact) mass is 332 g/mol. The number of nitrogens with one attached hydrogen (secondary N) is 2. The molecule has 2 N–H and O–H groups in total. The van der Waals surface area contributed by atoms with Gasteiger partial charge in [0, 0.05) is 5.69 Å². The van der Waals surface area contributed by atoms with Crippen molar-refractivity contribution in [1.82, 2.24) is 15.2 Å². The number of carbonyl (C=O) groups excluding carboxylic acids is 1. The quantitative estimate of drug-likeness (QED) is 0.822. The summed E-state index contributed by atoms with van der Waals surface area (Å²) in [5.74, 6) is 0.325. The third-order valence-electron chi connectivity index (χ3n) is 3.37. The van der Waals surface area contributed by atoms with Crippen LogP contribution in [0.25, 0.3) is 0 Å². The highest BCUT2D eigenvalue weighted by Gasteiger charge is 2.13. The molecule has 0 fully saturated rings. The van der Waals surface area contributed by atoms with Gasteiger partial charge in [-0.25, -0.2) is 0 Å². The zero-order valence-corrected chi connectivity index (χ0v) is 14.5. The first kappa shape index (κ1) is 17.2. The number of hydrogen-bond acceptors (Lipinski definition) is 5. The van der Waals surface area contributed by atoms with Crippen LogP contribution in [0.1, 0.15) is 36.6 Å². The summed E-state index contributed by atoms with van der Waals surface area (Å²) >= 11 is 1.15. The van der Waals surface area contributed by atoms with Gasteiger partial charge in [0.05, 0.1) is 5.75 Å². The van der Waals surface area contributed by atoms with Crippen molar-refractivity contribution in [2.45, 2.75) is 38.8 Å². The van der Waals surface area contributed by atoms with Gasteiger partial charge in [-0.05, 0) is 30.9 Å². The number of amides is 1. The fourth-order valence-corrected chi connectivity index (χ4v) is 2.70. The molecule has 0 atom stereocenters. The van der Waals surface area contributed by atoms with Gasteiger partial charge in [-0.1, -0.05) is 43.8 Å². The van der Waals surface area contributed by atoms with E-state index >= 15 is 0 Å². The number of para-hydroxylation sites is 1. The minimum Gasteiger partial charge on any atom is -0.325 e. The van der Waals surface area contributed by atoms with Gasteiger partial charge in [-0.15, -0.1) is 10.2 Å². The number of aromatic amines is 1. The third kappa shape index (κ3) is 4.41. The Morgan fingerprint density at radius 1 is 1.30 bits per heavy atom. The van der Waals surface area contributed by atoms with E-state index in [0.717, 1.165) is 28.6 Å². The summed E-state index contributed by atoms with van der Waals surface area (Å²) in [7, 11) is 0. The largest absolute Gasteiger partial charge is 0.325 e. The van der Waals surface area contributed by atoms with Gasteiger partial charge in [0.15, 0.2) is 5.16 Å². The van der Waals surface area contributed by atoms with Crippen molar-refractivity contribution in [3.05, 3.63) is 45.4 Å². The van der Waals surface area contributed by atoms with Gasteiger partial charge >= 0.3 is 0 Å². The van der Waals surface area contributed by atoms with Crippen molar-refractivity contribution < 1.29 is 4.79 Å². The van der Waals surface area contributed by atoms with Crippen LogP contribution in [-0.2, 0) is 4.79 Å². The zero-order chi connectivity index (χ0) is 17.0. The number of nitrogens with zero attached hydrogens (tertiary/aromatic N) is 2. The predicted molar refractivity (Wildman–Crippen MR) is 92.0 cm³/mol. The number of benzene rings is 1. The van der Waals surface area contributed by atoms with Gasteiger partial charge in [-0.3, -0.25) is 14.6 Å². The predicted octanol–water partition coefficient (Wildman–Crippen LogP) is 2.64. The Morgan fingerprint density at radius 2 is 2.04 bits per heavy atom. The molecule has 7 heteroatoms. The lowest BCUT2D eigenvalue weighted by molar-refractivity contribution is -0.113. The number of aromatic nitrogens is 3. The lowest BCUT2D eigenvalue weighted by atomic mass is 9.98. The van der Waals surface area contributed by atoms with E-state index < -0.39 is 0 Å². The Kier molecular flexibility index (Phi) is 5.54. The van der Waals surface area contributed by atoms with Gasteiger partial charge in [0.2, 0.25) is 5.91 Å².